The summed E-state index contributed by atoms with van der Waals surface area (Å²) in [6, 6.07) is 69.9. The summed E-state index contributed by atoms with van der Waals surface area (Å²) in [5, 5.41) is 2.06. The van der Waals surface area contributed by atoms with Gasteiger partial charge in [-0.3, -0.25) is 0 Å². The maximum atomic E-state index is 8.20. The average Bonchev–Trinajstić information content (AvgIpc) is 3.94. The molecule has 330 valence electrons. The van der Waals surface area contributed by atoms with Crippen LogP contribution in [0.5, 0.6) is 11.5 Å². The van der Waals surface area contributed by atoms with Crippen LogP contribution in [0.15, 0.2) is 188 Å². The van der Waals surface area contributed by atoms with Crippen LogP contribution in [-0.2, 0) is 33.5 Å². The van der Waals surface area contributed by atoms with Gasteiger partial charge in [-0.25, -0.2) is 4.98 Å². The van der Waals surface area contributed by atoms with Crippen molar-refractivity contribution in [3.8, 4) is 23.0 Å². The van der Waals surface area contributed by atoms with Crippen LogP contribution in [0.3, 0.4) is 0 Å². The third kappa shape index (κ3) is 6.46. The molecule has 0 fully saturated rings. The molecule has 13 rings (SSSR count). The minimum atomic E-state index is -2.42. The molecule has 68 heavy (non-hydrogen) atoms. The molecule has 0 spiro atoms. The Balaban J connectivity index is 0.00000517. The van der Waals surface area contributed by atoms with Gasteiger partial charge in [0.05, 0.1) is 22.1 Å². The second-order valence-electron chi connectivity index (χ2n) is 18.3. The molecule has 5 heterocycles. The third-order valence-electron chi connectivity index (χ3n) is 13.3. The van der Waals surface area contributed by atoms with Crippen LogP contribution in [-0.4, -0.2) is 20.8 Å². The molecule has 0 atom stereocenters. The summed E-state index contributed by atoms with van der Waals surface area (Å²) in [5.41, 5.74) is 14.8. The number of nitrogens with zero attached hydrogens (tertiary/aromatic N) is 6. The first-order valence-corrected chi connectivity index (χ1v) is 22.6. The maximum absolute atomic E-state index is 8.20. The fraction of sp³-hybridized carbons (Fsp3) is 0.0847. The molecule has 0 N–H and O–H groups in total. The number of fused-ring (bicyclic) bond motifs is 9. The average molecular weight is 1060 g/mol. The first-order chi connectivity index (χ1) is 34.0. The van der Waals surface area contributed by atoms with Gasteiger partial charge in [-0.05, 0) is 87.4 Å². The van der Waals surface area contributed by atoms with Crippen molar-refractivity contribution in [1.29, 1.82) is 0 Å². The summed E-state index contributed by atoms with van der Waals surface area (Å²) in [7, 11) is 0. The van der Waals surface area contributed by atoms with E-state index < -0.39 is 6.98 Å². The van der Waals surface area contributed by atoms with Crippen LogP contribution in [0.4, 0.5) is 34.1 Å². The molecular weight excluding hydrogens is 1010 g/mol. The van der Waals surface area contributed by atoms with Crippen LogP contribution in [0, 0.1) is 18.5 Å². The van der Waals surface area contributed by atoms with Crippen LogP contribution in [0.1, 0.15) is 30.4 Å². The number of para-hydroxylation sites is 6. The number of imidazole rings is 1. The van der Waals surface area contributed by atoms with Crippen LogP contribution in [0.25, 0.3) is 44.3 Å². The number of pyridine rings is 1. The van der Waals surface area contributed by atoms with E-state index in [0.29, 0.717) is 28.2 Å². The van der Waals surface area contributed by atoms with Gasteiger partial charge in [0.15, 0.2) is 0 Å². The molecule has 2 aliphatic heterocycles. The zero-order valence-corrected chi connectivity index (χ0v) is 39.7. The number of ether oxygens (including phenoxy) is 1. The van der Waals surface area contributed by atoms with Crippen molar-refractivity contribution in [3.05, 3.63) is 212 Å². The molecule has 0 saturated heterocycles. The second-order valence-corrected chi connectivity index (χ2v) is 18.3. The van der Waals surface area contributed by atoms with E-state index in [1.165, 1.54) is 21.0 Å². The Labute approximate surface area is 414 Å². The van der Waals surface area contributed by atoms with Gasteiger partial charge >= 0.3 is 0 Å². The quantitative estimate of drug-likeness (QED) is 0.0945. The van der Waals surface area contributed by atoms with E-state index in [1.807, 2.05) is 48.7 Å². The van der Waals surface area contributed by atoms with Gasteiger partial charge in [0.25, 0.3) is 6.71 Å². The van der Waals surface area contributed by atoms with Gasteiger partial charge in [0.1, 0.15) is 5.82 Å². The smallest absolute Gasteiger partial charge is 0.252 e. The van der Waals surface area contributed by atoms with Crippen molar-refractivity contribution in [1.82, 2.24) is 14.1 Å². The number of anilines is 6. The molecule has 11 aromatic rings. The Morgan fingerprint density at radius 2 is 1.29 bits per heavy atom. The van der Waals surface area contributed by atoms with Crippen LogP contribution >= 0.6 is 0 Å². The van der Waals surface area contributed by atoms with Crippen molar-refractivity contribution in [2.24, 2.45) is 6.98 Å². The SMILES string of the molecule is [2H]C([2H])([2H])[n+]1[c-]n(-c2[c-]c(Oc3[c-]c4c(cc3)c3c5c6c(cc3n4-c3cc(C(C)(C)C)ccn3)N(c3ccccc3)c3ccccc3B6c3ccccc3N5c3ccccc3)ccc2)c2ccccc21.[Pt]. The van der Waals surface area contributed by atoms with E-state index in [0.717, 1.165) is 67.3 Å². The van der Waals surface area contributed by atoms with E-state index in [9.17, 15) is 0 Å². The van der Waals surface area contributed by atoms with Gasteiger partial charge in [-0.15, -0.1) is 24.3 Å². The number of benzene rings is 8. The Hall–Kier alpha value is -7.67. The van der Waals surface area contributed by atoms with Crippen molar-refractivity contribution in [3.63, 3.8) is 0 Å². The minimum Gasteiger partial charge on any atom is -0.510 e. The molecule has 0 aliphatic carbocycles. The van der Waals surface area contributed by atoms with Crippen molar-refractivity contribution >= 4 is 90.1 Å². The molecule has 3 aromatic heterocycles. The zero-order valence-electron chi connectivity index (χ0n) is 40.4. The Morgan fingerprint density at radius 1 is 0.632 bits per heavy atom. The first kappa shape index (κ1) is 38.4. The second kappa shape index (κ2) is 16.0. The van der Waals surface area contributed by atoms with E-state index in [-0.39, 0.29) is 33.2 Å². The largest absolute Gasteiger partial charge is 0.510 e. The topological polar surface area (TPSA) is 42.3 Å². The first-order valence-electron chi connectivity index (χ1n) is 24.1. The number of aryl methyl sites for hydroxylation is 1. The normalized spacial score (nSPS) is 13.6. The minimum absolute atomic E-state index is 0. The third-order valence-corrected chi connectivity index (χ3v) is 13.3. The molecule has 0 amide bonds. The van der Waals surface area contributed by atoms with Gasteiger partial charge in [0, 0.05) is 78.4 Å². The van der Waals surface area contributed by atoms with E-state index in [4.69, 9.17) is 13.8 Å². The predicted molar refractivity (Wildman–Crippen MR) is 272 cm³/mol. The Kier molecular flexibility index (Phi) is 9.04. The van der Waals surface area contributed by atoms with E-state index >= 15 is 0 Å². The van der Waals surface area contributed by atoms with Gasteiger partial charge in [-0.1, -0.05) is 134 Å². The molecule has 0 bridgehead atoms. The Morgan fingerprint density at radius 3 is 2.03 bits per heavy atom. The number of hydrogen-bond acceptors (Lipinski definition) is 4. The van der Waals surface area contributed by atoms with Crippen molar-refractivity contribution < 1.29 is 34.5 Å². The fourth-order valence-electron chi connectivity index (χ4n) is 10.3. The summed E-state index contributed by atoms with van der Waals surface area (Å²) in [5.74, 6) is 1.68. The number of hydrogen-bond donors (Lipinski definition) is 0. The van der Waals surface area contributed by atoms with Gasteiger partial charge < -0.3 is 28.2 Å². The molecule has 0 unspecified atom stereocenters. The monoisotopic (exact) mass is 1060 g/mol. The van der Waals surface area contributed by atoms with Crippen molar-refractivity contribution in [2.75, 3.05) is 9.80 Å². The molecule has 8 aromatic carbocycles. The standard InChI is InChI=1S/C59H43BN6O.Pt/c1-59(2,3)39-32-33-61-55(34-39)66-52-36-44(67-43-23-17-22-42(35-43)63-38-62(4)50-28-15-16-29-51(50)63)30-31-45(52)56-53(66)37-54-57-58(56)65(41-20-9-6-10-21-41)49-27-14-12-25-47(49)60(57)46-24-11-13-26-48(46)64(54)40-18-7-5-8-19-40;/h5-34,37H,1-4H3;/q-2;/i4D3;. The summed E-state index contributed by atoms with van der Waals surface area (Å²) in [6.45, 7) is 4.18. The molecule has 2 aliphatic rings. The van der Waals surface area contributed by atoms with E-state index in [2.05, 4.69) is 187 Å². The van der Waals surface area contributed by atoms with Crippen molar-refractivity contribution in [2.45, 2.75) is 26.2 Å². The molecule has 7 nitrogen and oxygen atoms in total. The summed E-state index contributed by atoms with van der Waals surface area (Å²) < 4.78 is 36.5. The maximum Gasteiger partial charge on any atom is 0.252 e. The number of aromatic nitrogens is 4. The van der Waals surface area contributed by atoms with E-state index in [1.54, 1.807) is 10.6 Å². The summed E-state index contributed by atoms with van der Waals surface area (Å²) >= 11 is 0. The molecule has 0 radical (unpaired) electrons. The summed E-state index contributed by atoms with van der Waals surface area (Å²) in [6.07, 6.45) is 4.96. The molecular formula is C59H43BN6OPt-2. The predicted octanol–water partition coefficient (Wildman–Crippen LogP) is 11.5. The number of rotatable bonds is 6. The molecule has 9 heteroatoms. The van der Waals surface area contributed by atoms with Crippen LogP contribution < -0.4 is 35.5 Å². The fourth-order valence-corrected chi connectivity index (χ4v) is 10.3. The zero-order chi connectivity index (χ0) is 47.5. The van der Waals surface area contributed by atoms with Gasteiger partial charge in [0.2, 0.25) is 6.33 Å². The Bertz CT molecular complexity index is 3880. The summed E-state index contributed by atoms with van der Waals surface area (Å²) in [4.78, 5) is 10.0. The van der Waals surface area contributed by atoms with Gasteiger partial charge in [-0.2, -0.15) is 18.2 Å². The molecule has 0 saturated carbocycles. The van der Waals surface area contributed by atoms with Crippen LogP contribution in [0.2, 0.25) is 0 Å².